The maximum atomic E-state index is 5.10. The fourth-order valence-electron chi connectivity index (χ4n) is 9.21. The van der Waals surface area contributed by atoms with Crippen LogP contribution in [0.25, 0.3) is 94.5 Å². The number of para-hydroxylation sites is 1. The standard InChI is InChI=1S/C56H40N2/c1-56(2)50-22-11-9-20-46(50)47-30-26-43(34-51(47)56)41-19-13-18-40(32-41)42-27-31-55-49(33-42)48-21-10-12-23-54(48)58(55)45-28-24-37(25-29-45)44-35-52(38-14-5-3-6-15-38)57-53(36-44)39-16-7-4-8-17-39/h3-36H,1-2H3. The SMILES string of the molecule is CC1(C)c2ccccc2-c2ccc(-c3cccc(-c4ccc5c(c4)c4ccccc4n5-c4ccc(-c5cc(-c6ccccc6)nc(-c6ccccc6)c5)cc4)c3)cc21. The molecule has 2 nitrogen and oxygen atoms in total. The maximum Gasteiger partial charge on any atom is 0.0715 e. The van der Waals surface area contributed by atoms with E-state index in [1.807, 2.05) is 12.1 Å². The largest absolute Gasteiger partial charge is 0.309 e. The van der Waals surface area contributed by atoms with E-state index in [4.69, 9.17) is 4.98 Å². The molecular formula is C56H40N2. The van der Waals surface area contributed by atoms with Gasteiger partial charge in [-0.25, -0.2) is 4.98 Å². The zero-order chi connectivity index (χ0) is 38.8. The van der Waals surface area contributed by atoms with Gasteiger partial charge in [0.2, 0.25) is 0 Å². The lowest BCUT2D eigenvalue weighted by molar-refractivity contribution is 0.660. The van der Waals surface area contributed by atoms with Crippen LogP contribution in [-0.2, 0) is 5.41 Å². The Balaban J connectivity index is 0.961. The summed E-state index contributed by atoms with van der Waals surface area (Å²) in [5.74, 6) is 0. The minimum absolute atomic E-state index is 0.0318. The van der Waals surface area contributed by atoms with E-state index in [0.717, 1.165) is 39.3 Å². The molecule has 58 heavy (non-hydrogen) atoms. The van der Waals surface area contributed by atoms with E-state index in [2.05, 4.69) is 213 Å². The number of fused-ring (bicyclic) bond motifs is 6. The van der Waals surface area contributed by atoms with Gasteiger partial charge in [0.05, 0.1) is 22.4 Å². The average molecular weight is 741 g/mol. The van der Waals surface area contributed by atoms with E-state index in [-0.39, 0.29) is 5.41 Å². The Morgan fingerprint density at radius 1 is 0.345 bits per heavy atom. The van der Waals surface area contributed by atoms with E-state index < -0.39 is 0 Å². The molecule has 0 saturated heterocycles. The summed E-state index contributed by atoms with van der Waals surface area (Å²) >= 11 is 0. The minimum atomic E-state index is -0.0318. The Bertz CT molecular complexity index is 3110. The second-order valence-corrected chi connectivity index (χ2v) is 16.0. The molecule has 11 rings (SSSR count). The molecule has 0 N–H and O–H groups in total. The van der Waals surface area contributed by atoms with Crippen molar-refractivity contribution in [2.45, 2.75) is 19.3 Å². The van der Waals surface area contributed by atoms with E-state index >= 15 is 0 Å². The summed E-state index contributed by atoms with van der Waals surface area (Å²) < 4.78 is 2.40. The number of aromatic nitrogens is 2. The van der Waals surface area contributed by atoms with Gasteiger partial charge in [-0.15, -0.1) is 0 Å². The molecule has 0 aliphatic heterocycles. The molecule has 0 fully saturated rings. The lowest BCUT2D eigenvalue weighted by Gasteiger charge is -2.22. The van der Waals surface area contributed by atoms with Gasteiger partial charge in [-0.2, -0.15) is 0 Å². The van der Waals surface area contributed by atoms with Crippen molar-refractivity contribution in [1.82, 2.24) is 9.55 Å². The third kappa shape index (κ3) is 5.60. The van der Waals surface area contributed by atoms with Crippen molar-refractivity contribution in [1.29, 1.82) is 0 Å². The van der Waals surface area contributed by atoms with Crippen molar-refractivity contribution in [3.8, 4) is 72.7 Å². The number of pyridine rings is 1. The predicted octanol–water partition coefficient (Wildman–Crippen LogP) is 14.8. The van der Waals surface area contributed by atoms with Crippen molar-refractivity contribution in [2.75, 3.05) is 0 Å². The van der Waals surface area contributed by atoms with E-state index in [0.29, 0.717) is 0 Å². The summed E-state index contributed by atoms with van der Waals surface area (Å²) in [6.07, 6.45) is 0. The number of rotatable bonds is 6. The summed E-state index contributed by atoms with van der Waals surface area (Å²) in [5.41, 5.74) is 20.3. The Labute approximate surface area is 339 Å². The third-order valence-corrected chi connectivity index (χ3v) is 12.2. The average Bonchev–Trinajstić information content (AvgIpc) is 3.74. The Morgan fingerprint density at radius 3 is 1.60 bits per heavy atom. The zero-order valence-corrected chi connectivity index (χ0v) is 32.5. The first-order valence-electron chi connectivity index (χ1n) is 20.1. The highest BCUT2D eigenvalue weighted by Crippen LogP contribution is 2.49. The molecule has 2 aromatic heterocycles. The molecule has 0 radical (unpaired) electrons. The van der Waals surface area contributed by atoms with Gasteiger partial charge < -0.3 is 4.57 Å². The normalized spacial score (nSPS) is 12.8. The van der Waals surface area contributed by atoms with Gasteiger partial charge in [0, 0.05) is 33.0 Å². The molecule has 0 bridgehead atoms. The topological polar surface area (TPSA) is 17.8 Å². The highest BCUT2D eigenvalue weighted by Gasteiger charge is 2.35. The molecule has 0 atom stereocenters. The van der Waals surface area contributed by atoms with Gasteiger partial charge in [-0.05, 0) is 110 Å². The predicted molar refractivity (Wildman–Crippen MR) is 243 cm³/mol. The highest BCUT2D eigenvalue weighted by atomic mass is 15.0. The summed E-state index contributed by atoms with van der Waals surface area (Å²) in [7, 11) is 0. The molecule has 10 aromatic rings. The Hall–Kier alpha value is -7.29. The molecule has 1 aliphatic carbocycles. The summed E-state index contributed by atoms with van der Waals surface area (Å²) in [4.78, 5) is 5.10. The van der Waals surface area contributed by atoms with Gasteiger partial charge in [-0.1, -0.05) is 166 Å². The van der Waals surface area contributed by atoms with Crippen molar-refractivity contribution in [3.63, 3.8) is 0 Å². The molecular weight excluding hydrogens is 701 g/mol. The second-order valence-electron chi connectivity index (χ2n) is 16.0. The quantitative estimate of drug-likeness (QED) is 0.166. The molecule has 0 saturated carbocycles. The van der Waals surface area contributed by atoms with Crippen molar-refractivity contribution in [3.05, 3.63) is 217 Å². The molecule has 0 unspecified atom stereocenters. The van der Waals surface area contributed by atoms with Crippen LogP contribution in [0.15, 0.2) is 206 Å². The van der Waals surface area contributed by atoms with Crippen LogP contribution in [-0.4, -0.2) is 9.55 Å². The summed E-state index contributed by atoms with van der Waals surface area (Å²) in [6.45, 7) is 4.70. The fourth-order valence-corrected chi connectivity index (χ4v) is 9.21. The third-order valence-electron chi connectivity index (χ3n) is 12.2. The molecule has 8 aromatic carbocycles. The fraction of sp³-hybridized carbons (Fsp3) is 0.0536. The number of nitrogens with zero attached hydrogens (tertiary/aromatic N) is 2. The van der Waals surface area contributed by atoms with Gasteiger partial charge in [0.1, 0.15) is 0 Å². The van der Waals surface area contributed by atoms with Gasteiger partial charge >= 0.3 is 0 Å². The van der Waals surface area contributed by atoms with Gasteiger partial charge in [-0.3, -0.25) is 0 Å². The van der Waals surface area contributed by atoms with Crippen LogP contribution >= 0.6 is 0 Å². The minimum Gasteiger partial charge on any atom is -0.309 e. The lowest BCUT2D eigenvalue weighted by Crippen LogP contribution is -2.14. The highest BCUT2D eigenvalue weighted by molar-refractivity contribution is 6.10. The van der Waals surface area contributed by atoms with E-state index in [1.165, 1.54) is 66.3 Å². The van der Waals surface area contributed by atoms with Crippen molar-refractivity contribution in [2.24, 2.45) is 0 Å². The smallest absolute Gasteiger partial charge is 0.0715 e. The second kappa shape index (κ2) is 13.4. The molecule has 2 heterocycles. The molecule has 0 spiro atoms. The number of benzene rings is 8. The Morgan fingerprint density at radius 2 is 0.879 bits per heavy atom. The van der Waals surface area contributed by atoms with Crippen molar-refractivity contribution >= 4 is 21.8 Å². The van der Waals surface area contributed by atoms with Crippen molar-refractivity contribution < 1.29 is 0 Å². The van der Waals surface area contributed by atoms with Crippen LogP contribution in [0.4, 0.5) is 0 Å². The number of hydrogen-bond acceptors (Lipinski definition) is 1. The summed E-state index contributed by atoms with van der Waals surface area (Å²) in [6, 6.07) is 74.9. The molecule has 1 aliphatic rings. The van der Waals surface area contributed by atoms with Crippen LogP contribution in [0, 0.1) is 0 Å². The summed E-state index contributed by atoms with van der Waals surface area (Å²) in [5, 5.41) is 2.49. The first kappa shape index (κ1) is 34.0. The first-order chi connectivity index (χ1) is 28.5. The van der Waals surface area contributed by atoms with E-state index in [1.54, 1.807) is 0 Å². The van der Waals surface area contributed by atoms with Gasteiger partial charge in [0.15, 0.2) is 0 Å². The van der Waals surface area contributed by atoms with Gasteiger partial charge in [0.25, 0.3) is 0 Å². The zero-order valence-electron chi connectivity index (χ0n) is 32.5. The Kier molecular flexibility index (Phi) is 7.87. The van der Waals surface area contributed by atoms with Crippen LogP contribution in [0.1, 0.15) is 25.0 Å². The first-order valence-corrected chi connectivity index (χ1v) is 20.1. The molecule has 274 valence electrons. The maximum absolute atomic E-state index is 5.10. The molecule has 0 amide bonds. The van der Waals surface area contributed by atoms with E-state index in [9.17, 15) is 0 Å². The van der Waals surface area contributed by atoms with Crippen LogP contribution in [0.3, 0.4) is 0 Å². The van der Waals surface area contributed by atoms with Crippen LogP contribution in [0.2, 0.25) is 0 Å². The monoisotopic (exact) mass is 740 g/mol. The van der Waals surface area contributed by atoms with Crippen LogP contribution in [0.5, 0.6) is 0 Å². The number of hydrogen-bond donors (Lipinski definition) is 0. The lowest BCUT2D eigenvalue weighted by atomic mass is 9.81. The van der Waals surface area contributed by atoms with Crippen LogP contribution < -0.4 is 0 Å². The molecule has 2 heteroatoms.